The Bertz CT molecular complexity index is 206. The molecule has 0 aliphatic carbocycles. The minimum absolute atomic E-state index is 0.166. The Hall–Kier alpha value is -1.03. The molecule has 0 spiro atoms. The minimum Gasteiger partial charge on any atom is -0.444 e. The summed E-state index contributed by atoms with van der Waals surface area (Å²) in [6.07, 6.45) is 2.15. The van der Waals surface area contributed by atoms with Crippen molar-refractivity contribution >= 4 is 6.09 Å². The number of hydrogen-bond donors (Lipinski definition) is 2. The fraction of sp³-hybridized carbons (Fsp3) is 0.700. The third kappa shape index (κ3) is 7.61. The fourth-order valence-electron chi connectivity index (χ4n) is 0.792. The SMILES string of the molecule is CC=CC(O)CNC(=O)OC(C)(C)C. The number of alkyl carbamates (subject to hydrolysis) is 1. The van der Waals surface area contributed by atoms with Crippen molar-refractivity contribution in [3.63, 3.8) is 0 Å². The first-order valence-corrected chi connectivity index (χ1v) is 4.63. The van der Waals surface area contributed by atoms with Crippen molar-refractivity contribution in [3.05, 3.63) is 12.2 Å². The summed E-state index contributed by atoms with van der Waals surface area (Å²) in [6.45, 7) is 7.33. The van der Waals surface area contributed by atoms with Gasteiger partial charge in [-0.15, -0.1) is 0 Å². The van der Waals surface area contributed by atoms with Gasteiger partial charge in [-0.3, -0.25) is 0 Å². The Morgan fingerprint density at radius 1 is 1.57 bits per heavy atom. The number of amides is 1. The molecule has 1 unspecified atom stereocenters. The Labute approximate surface area is 85.0 Å². The molecule has 0 radical (unpaired) electrons. The Balaban J connectivity index is 3.75. The first kappa shape index (κ1) is 13.0. The monoisotopic (exact) mass is 201 g/mol. The van der Waals surface area contributed by atoms with Gasteiger partial charge >= 0.3 is 6.09 Å². The molecular formula is C10H19NO3. The lowest BCUT2D eigenvalue weighted by Crippen LogP contribution is -2.36. The zero-order valence-corrected chi connectivity index (χ0v) is 9.20. The molecule has 1 amide bonds. The number of carbonyl (C=O) groups excluding carboxylic acids is 1. The molecule has 4 heteroatoms. The van der Waals surface area contributed by atoms with Crippen LogP contribution in [0.25, 0.3) is 0 Å². The molecule has 0 aromatic heterocycles. The van der Waals surface area contributed by atoms with Gasteiger partial charge in [-0.25, -0.2) is 4.79 Å². The average molecular weight is 201 g/mol. The summed E-state index contributed by atoms with van der Waals surface area (Å²) < 4.78 is 4.98. The number of nitrogens with one attached hydrogen (secondary N) is 1. The highest BCUT2D eigenvalue weighted by Gasteiger charge is 2.15. The predicted molar refractivity (Wildman–Crippen MR) is 55.1 cm³/mol. The highest BCUT2D eigenvalue weighted by molar-refractivity contribution is 5.67. The van der Waals surface area contributed by atoms with Gasteiger partial charge in [0, 0.05) is 0 Å². The highest BCUT2D eigenvalue weighted by atomic mass is 16.6. The van der Waals surface area contributed by atoms with Crippen molar-refractivity contribution < 1.29 is 14.6 Å². The number of aliphatic hydroxyl groups excluding tert-OH is 1. The van der Waals surface area contributed by atoms with E-state index in [4.69, 9.17) is 4.74 Å². The summed E-state index contributed by atoms with van der Waals surface area (Å²) in [7, 11) is 0. The number of carbonyl (C=O) groups is 1. The molecule has 0 saturated heterocycles. The topological polar surface area (TPSA) is 58.6 Å². The lowest BCUT2D eigenvalue weighted by Gasteiger charge is -2.20. The van der Waals surface area contributed by atoms with Crippen LogP contribution in [0.4, 0.5) is 4.79 Å². The van der Waals surface area contributed by atoms with E-state index < -0.39 is 17.8 Å². The summed E-state index contributed by atoms with van der Waals surface area (Å²) in [5.41, 5.74) is -0.504. The molecule has 0 bridgehead atoms. The maximum Gasteiger partial charge on any atom is 0.407 e. The van der Waals surface area contributed by atoms with Crippen LogP contribution in [0.2, 0.25) is 0 Å². The van der Waals surface area contributed by atoms with Crippen LogP contribution in [0.15, 0.2) is 12.2 Å². The van der Waals surface area contributed by atoms with Crippen molar-refractivity contribution in [3.8, 4) is 0 Å². The van der Waals surface area contributed by atoms with Crippen molar-refractivity contribution in [1.82, 2.24) is 5.32 Å². The van der Waals surface area contributed by atoms with E-state index in [1.165, 1.54) is 0 Å². The number of allylic oxidation sites excluding steroid dienone is 1. The Kier molecular flexibility index (Phi) is 5.23. The summed E-state index contributed by atoms with van der Waals surface area (Å²) in [5.74, 6) is 0. The van der Waals surface area contributed by atoms with E-state index in [1.807, 2.05) is 0 Å². The molecule has 0 aliphatic heterocycles. The quantitative estimate of drug-likeness (QED) is 0.679. The first-order chi connectivity index (χ1) is 6.35. The van der Waals surface area contributed by atoms with E-state index in [1.54, 1.807) is 39.8 Å². The van der Waals surface area contributed by atoms with Crippen LogP contribution in [-0.2, 0) is 4.74 Å². The highest BCUT2D eigenvalue weighted by Crippen LogP contribution is 2.06. The number of rotatable bonds is 3. The minimum atomic E-state index is -0.660. The van der Waals surface area contributed by atoms with Crippen LogP contribution < -0.4 is 5.32 Å². The molecule has 0 aromatic rings. The largest absolute Gasteiger partial charge is 0.444 e. The molecule has 82 valence electrons. The molecule has 0 saturated carbocycles. The zero-order valence-electron chi connectivity index (χ0n) is 9.20. The number of aliphatic hydroxyl groups is 1. The van der Waals surface area contributed by atoms with Gasteiger partial charge in [-0.1, -0.05) is 12.2 Å². The Morgan fingerprint density at radius 3 is 2.57 bits per heavy atom. The molecular weight excluding hydrogens is 182 g/mol. The van der Waals surface area contributed by atoms with E-state index in [-0.39, 0.29) is 6.54 Å². The second kappa shape index (κ2) is 5.65. The summed E-state index contributed by atoms with van der Waals surface area (Å²) in [4.78, 5) is 11.1. The molecule has 0 rings (SSSR count). The van der Waals surface area contributed by atoms with Crippen molar-refractivity contribution in [2.24, 2.45) is 0 Å². The predicted octanol–water partition coefficient (Wildman–Crippen LogP) is 1.45. The normalized spacial score (nSPS) is 14.1. The van der Waals surface area contributed by atoms with Crippen LogP contribution in [-0.4, -0.2) is 29.4 Å². The first-order valence-electron chi connectivity index (χ1n) is 4.63. The van der Waals surface area contributed by atoms with Crippen LogP contribution >= 0.6 is 0 Å². The van der Waals surface area contributed by atoms with Crippen LogP contribution in [0.3, 0.4) is 0 Å². The third-order valence-electron chi connectivity index (χ3n) is 1.27. The molecule has 14 heavy (non-hydrogen) atoms. The van der Waals surface area contributed by atoms with Gasteiger partial charge in [0.25, 0.3) is 0 Å². The van der Waals surface area contributed by atoms with E-state index in [0.29, 0.717) is 0 Å². The standard InChI is InChI=1S/C10H19NO3/c1-5-6-8(12)7-11-9(13)14-10(2,3)4/h5-6,8,12H,7H2,1-4H3,(H,11,13). The molecule has 2 N–H and O–H groups in total. The van der Waals surface area contributed by atoms with E-state index >= 15 is 0 Å². The second-order valence-electron chi connectivity index (χ2n) is 3.98. The van der Waals surface area contributed by atoms with E-state index in [0.717, 1.165) is 0 Å². The summed E-state index contributed by atoms with van der Waals surface area (Å²) in [6, 6.07) is 0. The van der Waals surface area contributed by atoms with Gasteiger partial charge in [0.1, 0.15) is 5.60 Å². The zero-order chi connectivity index (χ0) is 11.2. The van der Waals surface area contributed by atoms with Crippen LogP contribution in [0.1, 0.15) is 27.7 Å². The van der Waals surface area contributed by atoms with Crippen molar-refractivity contribution in [2.45, 2.75) is 39.4 Å². The maximum absolute atomic E-state index is 11.1. The van der Waals surface area contributed by atoms with Crippen molar-refractivity contribution in [1.29, 1.82) is 0 Å². The smallest absolute Gasteiger partial charge is 0.407 e. The van der Waals surface area contributed by atoms with Gasteiger partial charge in [0.2, 0.25) is 0 Å². The Morgan fingerprint density at radius 2 is 2.14 bits per heavy atom. The van der Waals surface area contributed by atoms with Gasteiger partial charge in [0.15, 0.2) is 0 Å². The molecule has 4 nitrogen and oxygen atoms in total. The van der Waals surface area contributed by atoms with E-state index in [9.17, 15) is 9.90 Å². The summed E-state index contributed by atoms with van der Waals surface area (Å²) in [5, 5.41) is 11.7. The van der Waals surface area contributed by atoms with Gasteiger partial charge < -0.3 is 15.2 Å². The summed E-state index contributed by atoms with van der Waals surface area (Å²) >= 11 is 0. The maximum atomic E-state index is 11.1. The average Bonchev–Trinajstić information content (AvgIpc) is 1.98. The van der Waals surface area contributed by atoms with E-state index in [2.05, 4.69) is 5.32 Å². The molecule has 0 fully saturated rings. The fourth-order valence-corrected chi connectivity index (χ4v) is 0.792. The van der Waals surface area contributed by atoms with Crippen LogP contribution in [0, 0.1) is 0 Å². The lowest BCUT2D eigenvalue weighted by molar-refractivity contribution is 0.0505. The molecule has 0 heterocycles. The van der Waals surface area contributed by atoms with Crippen molar-refractivity contribution in [2.75, 3.05) is 6.54 Å². The molecule has 0 aromatic carbocycles. The molecule has 0 aliphatic rings. The molecule has 1 atom stereocenters. The van der Waals surface area contributed by atoms with Gasteiger partial charge in [0.05, 0.1) is 12.6 Å². The van der Waals surface area contributed by atoms with Gasteiger partial charge in [-0.05, 0) is 27.7 Å². The third-order valence-corrected chi connectivity index (χ3v) is 1.27. The number of ether oxygens (including phenoxy) is 1. The lowest BCUT2D eigenvalue weighted by atomic mass is 10.2. The van der Waals surface area contributed by atoms with Crippen LogP contribution in [0.5, 0.6) is 0 Å². The van der Waals surface area contributed by atoms with Gasteiger partial charge in [-0.2, -0.15) is 0 Å². The second-order valence-corrected chi connectivity index (χ2v) is 3.98. The number of hydrogen-bond acceptors (Lipinski definition) is 3.